The number of aryl methyl sites for hydroxylation is 1. The highest BCUT2D eigenvalue weighted by Gasteiger charge is 2.34. The first kappa shape index (κ1) is 15.6. The van der Waals surface area contributed by atoms with E-state index in [1.807, 2.05) is 43.3 Å². The van der Waals surface area contributed by atoms with Crippen LogP contribution in [0.1, 0.15) is 5.01 Å². The van der Waals surface area contributed by atoms with Gasteiger partial charge in [-0.15, -0.1) is 10.2 Å². The first-order chi connectivity index (χ1) is 12.2. The zero-order valence-electron chi connectivity index (χ0n) is 13.6. The Morgan fingerprint density at radius 1 is 1.20 bits per heavy atom. The molecule has 1 N–H and O–H groups in total. The second kappa shape index (κ2) is 6.56. The van der Waals surface area contributed by atoms with Crippen molar-refractivity contribution >= 4 is 28.2 Å². The van der Waals surface area contributed by atoms with E-state index in [0.29, 0.717) is 18.2 Å². The van der Waals surface area contributed by atoms with E-state index >= 15 is 0 Å². The number of rotatable bonds is 4. The Morgan fingerprint density at radius 2 is 2.00 bits per heavy atom. The van der Waals surface area contributed by atoms with Crippen LogP contribution in [0.2, 0.25) is 0 Å². The van der Waals surface area contributed by atoms with Gasteiger partial charge in [0.1, 0.15) is 17.2 Å². The monoisotopic (exact) mass is 352 g/mol. The van der Waals surface area contributed by atoms with Crippen LogP contribution in [-0.2, 0) is 4.79 Å². The third kappa shape index (κ3) is 3.34. The highest BCUT2D eigenvalue weighted by Crippen LogP contribution is 2.27. The molecule has 1 aromatic carbocycles. The van der Waals surface area contributed by atoms with Gasteiger partial charge in [-0.1, -0.05) is 41.7 Å². The second-order valence-electron chi connectivity index (χ2n) is 5.84. The van der Waals surface area contributed by atoms with Crippen molar-refractivity contribution in [2.45, 2.75) is 6.92 Å². The van der Waals surface area contributed by atoms with Crippen molar-refractivity contribution in [1.82, 2.24) is 20.2 Å². The van der Waals surface area contributed by atoms with Crippen LogP contribution in [0, 0.1) is 12.8 Å². The van der Waals surface area contributed by atoms with E-state index < -0.39 is 0 Å². The van der Waals surface area contributed by atoms with E-state index in [4.69, 9.17) is 0 Å². The molecule has 2 aromatic heterocycles. The van der Waals surface area contributed by atoms with Gasteiger partial charge in [-0.3, -0.25) is 4.79 Å². The van der Waals surface area contributed by atoms with E-state index in [9.17, 15) is 4.79 Å². The van der Waals surface area contributed by atoms with E-state index in [0.717, 1.165) is 22.1 Å². The summed E-state index contributed by atoms with van der Waals surface area (Å²) in [5.41, 5.74) is 1.93. The summed E-state index contributed by atoms with van der Waals surface area (Å²) in [5.74, 6) is 0.744. The molecule has 1 fully saturated rings. The van der Waals surface area contributed by atoms with Gasteiger partial charge in [0.25, 0.3) is 0 Å². The van der Waals surface area contributed by atoms with Gasteiger partial charge in [-0.05, 0) is 6.92 Å². The fourth-order valence-corrected chi connectivity index (χ4v) is 3.27. The van der Waals surface area contributed by atoms with E-state index in [-0.39, 0.29) is 11.8 Å². The summed E-state index contributed by atoms with van der Waals surface area (Å²) >= 11 is 1.38. The van der Waals surface area contributed by atoms with Crippen LogP contribution in [0.5, 0.6) is 0 Å². The molecule has 7 nitrogen and oxygen atoms in total. The Balaban J connectivity index is 1.40. The maximum absolute atomic E-state index is 12.2. The fourth-order valence-electron chi connectivity index (χ4n) is 2.67. The summed E-state index contributed by atoms with van der Waals surface area (Å²) in [5, 5.41) is 12.0. The number of nitrogens with one attached hydrogen (secondary N) is 1. The van der Waals surface area contributed by atoms with Gasteiger partial charge < -0.3 is 10.2 Å². The molecular weight excluding hydrogens is 336 g/mol. The lowest BCUT2D eigenvalue weighted by Crippen LogP contribution is -2.52. The molecule has 0 bridgehead atoms. The Hall–Kier alpha value is -2.87. The van der Waals surface area contributed by atoms with Gasteiger partial charge in [0.15, 0.2) is 0 Å². The van der Waals surface area contributed by atoms with E-state index in [1.54, 1.807) is 6.33 Å². The average molecular weight is 352 g/mol. The van der Waals surface area contributed by atoms with E-state index in [2.05, 4.69) is 30.4 Å². The van der Waals surface area contributed by atoms with E-state index in [1.165, 1.54) is 11.3 Å². The topological polar surface area (TPSA) is 83.9 Å². The smallest absolute Gasteiger partial charge is 0.232 e. The van der Waals surface area contributed by atoms with Crippen molar-refractivity contribution in [3.63, 3.8) is 0 Å². The Labute approximate surface area is 148 Å². The largest absolute Gasteiger partial charge is 0.355 e. The lowest BCUT2D eigenvalue weighted by atomic mass is 9.99. The first-order valence-electron chi connectivity index (χ1n) is 7.92. The van der Waals surface area contributed by atoms with Crippen molar-refractivity contribution in [1.29, 1.82) is 0 Å². The number of anilines is 2. The van der Waals surface area contributed by atoms with Crippen molar-refractivity contribution in [3.05, 3.63) is 47.7 Å². The molecule has 4 rings (SSSR count). The number of benzene rings is 1. The molecule has 1 aliphatic heterocycles. The highest BCUT2D eigenvalue weighted by atomic mass is 32.1. The number of aromatic nitrogens is 4. The van der Waals surface area contributed by atoms with Gasteiger partial charge in [-0.2, -0.15) is 0 Å². The minimum atomic E-state index is -0.0700. The van der Waals surface area contributed by atoms with Crippen LogP contribution in [0.25, 0.3) is 11.3 Å². The molecule has 0 atom stereocenters. The minimum Gasteiger partial charge on any atom is -0.355 e. The third-order valence-electron chi connectivity index (χ3n) is 4.05. The quantitative estimate of drug-likeness (QED) is 0.776. The van der Waals surface area contributed by atoms with Gasteiger partial charge in [-0.25, -0.2) is 9.97 Å². The first-order valence-corrected chi connectivity index (χ1v) is 8.74. The van der Waals surface area contributed by atoms with Crippen molar-refractivity contribution in [2.75, 3.05) is 23.3 Å². The van der Waals surface area contributed by atoms with Crippen molar-refractivity contribution in [3.8, 4) is 11.3 Å². The molecule has 0 spiro atoms. The van der Waals surface area contributed by atoms with Gasteiger partial charge in [0.2, 0.25) is 11.0 Å². The predicted octanol–water partition coefficient (Wildman–Crippen LogP) is 2.38. The molecule has 25 heavy (non-hydrogen) atoms. The molecule has 0 aliphatic carbocycles. The average Bonchev–Trinajstić information content (AvgIpc) is 2.99. The predicted molar refractivity (Wildman–Crippen MR) is 96.4 cm³/mol. The van der Waals surface area contributed by atoms with Crippen molar-refractivity contribution in [2.24, 2.45) is 5.92 Å². The summed E-state index contributed by atoms with van der Waals surface area (Å²) in [6.45, 7) is 3.13. The molecule has 1 amide bonds. The standard InChI is InChI=1S/C17H16N6OS/c1-11-21-22-17(25-11)20-16(24)13-8-23(9-13)15-7-14(18-10-19-15)12-5-3-2-4-6-12/h2-7,10,13H,8-9H2,1H3,(H,20,22,24). The number of nitrogens with zero attached hydrogens (tertiary/aromatic N) is 5. The maximum atomic E-state index is 12.2. The van der Waals surface area contributed by atoms with Crippen LogP contribution < -0.4 is 10.2 Å². The SMILES string of the molecule is Cc1nnc(NC(=O)C2CN(c3cc(-c4ccccc4)ncn3)C2)s1. The van der Waals surface area contributed by atoms with Crippen molar-refractivity contribution < 1.29 is 4.79 Å². The summed E-state index contributed by atoms with van der Waals surface area (Å²) in [7, 11) is 0. The Bertz CT molecular complexity index is 891. The molecule has 0 radical (unpaired) electrons. The second-order valence-corrected chi connectivity index (χ2v) is 7.03. The minimum absolute atomic E-state index is 0.0234. The summed E-state index contributed by atoms with van der Waals surface area (Å²) in [6.07, 6.45) is 1.56. The summed E-state index contributed by atoms with van der Waals surface area (Å²) < 4.78 is 0. The van der Waals surface area contributed by atoms with Crippen LogP contribution in [0.3, 0.4) is 0 Å². The molecule has 0 unspecified atom stereocenters. The maximum Gasteiger partial charge on any atom is 0.232 e. The molecule has 3 heterocycles. The highest BCUT2D eigenvalue weighted by molar-refractivity contribution is 7.15. The number of carbonyl (C=O) groups is 1. The lowest BCUT2D eigenvalue weighted by Gasteiger charge is -2.38. The van der Waals surface area contributed by atoms with Crippen LogP contribution in [-0.4, -0.2) is 39.2 Å². The zero-order chi connectivity index (χ0) is 17.2. The molecular formula is C17H16N6OS. The fraction of sp³-hybridized carbons (Fsp3) is 0.235. The summed E-state index contributed by atoms with van der Waals surface area (Å²) in [4.78, 5) is 23.0. The molecule has 3 aromatic rings. The molecule has 126 valence electrons. The molecule has 8 heteroatoms. The Kier molecular flexibility index (Phi) is 4.10. The molecule has 0 saturated carbocycles. The lowest BCUT2D eigenvalue weighted by molar-refractivity contribution is -0.120. The third-order valence-corrected chi connectivity index (χ3v) is 4.81. The number of amides is 1. The number of hydrogen-bond acceptors (Lipinski definition) is 7. The number of carbonyl (C=O) groups excluding carboxylic acids is 1. The van der Waals surface area contributed by atoms with Gasteiger partial charge in [0.05, 0.1) is 11.6 Å². The zero-order valence-corrected chi connectivity index (χ0v) is 14.4. The van der Waals surface area contributed by atoms with Crippen LogP contribution in [0.4, 0.5) is 10.9 Å². The molecule has 1 aliphatic rings. The Morgan fingerprint density at radius 3 is 2.72 bits per heavy atom. The van der Waals surface area contributed by atoms with Gasteiger partial charge in [0, 0.05) is 24.7 Å². The van der Waals surface area contributed by atoms with Crippen LogP contribution in [0.15, 0.2) is 42.7 Å². The molecule has 1 saturated heterocycles. The summed E-state index contributed by atoms with van der Waals surface area (Å²) in [6, 6.07) is 11.9. The van der Waals surface area contributed by atoms with Crippen LogP contribution >= 0.6 is 11.3 Å². The normalized spacial score (nSPS) is 14.2. The number of hydrogen-bond donors (Lipinski definition) is 1. The van der Waals surface area contributed by atoms with Gasteiger partial charge >= 0.3 is 0 Å².